The number of aromatic hydroxyl groups is 1. The fraction of sp³-hybridized carbons (Fsp3) is 0.632. The first-order valence-corrected chi connectivity index (χ1v) is 7.82. The predicted octanol–water partition coefficient (Wildman–Crippen LogP) is 4.18. The number of rotatable bonds is 3. The molecule has 0 bridgehead atoms. The number of aliphatic imine (C=N–C) groups is 1. The molecular weight excluding hydrogens is 274 g/mol. The van der Waals surface area contributed by atoms with Crippen LogP contribution < -0.4 is 0 Å². The Kier molecular flexibility index (Phi) is 5.13. The minimum Gasteiger partial charge on any atom is -0.507 e. The van der Waals surface area contributed by atoms with Crippen molar-refractivity contribution in [3.63, 3.8) is 0 Å². The highest BCUT2D eigenvalue weighted by atomic mass is 16.3. The minimum absolute atomic E-state index is 0.0111. The average Bonchev–Trinajstić information content (AvgIpc) is 2.34. The van der Waals surface area contributed by atoms with Gasteiger partial charge < -0.3 is 10.2 Å². The normalized spacial score (nSPS) is 13.9. The Morgan fingerprint density at radius 2 is 1.50 bits per heavy atom. The van der Waals surface area contributed by atoms with E-state index in [1.807, 2.05) is 19.9 Å². The maximum Gasteiger partial charge on any atom is 0.128 e. The number of phenolic OH excluding ortho intramolecular Hbond substituents is 1. The summed E-state index contributed by atoms with van der Waals surface area (Å²) in [6.07, 6.45) is 1.68. The number of hydrogen-bond donors (Lipinski definition) is 2. The molecular formula is C19H31NO2. The van der Waals surface area contributed by atoms with Crippen LogP contribution in [0.2, 0.25) is 0 Å². The lowest BCUT2D eigenvalue weighted by Crippen LogP contribution is -2.22. The molecule has 22 heavy (non-hydrogen) atoms. The van der Waals surface area contributed by atoms with Crippen molar-refractivity contribution in [2.24, 2.45) is 4.99 Å². The van der Waals surface area contributed by atoms with Crippen LogP contribution in [-0.4, -0.2) is 28.6 Å². The molecule has 0 unspecified atom stereocenters. The molecule has 124 valence electrons. The van der Waals surface area contributed by atoms with Gasteiger partial charge in [-0.25, -0.2) is 0 Å². The predicted molar refractivity (Wildman–Crippen MR) is 94.3 cm³/mol. The van der Waals surface area contributed by atoms with Crippen molar-refractivity contribution < 1.29 is 10.2 Å². The van der Waals surface area contributed by atoms with Gasteiger partial charge in [-0.15, -0.1) is 0 Å². The van der Waals surface area contributed by atoms with E-state index in [9.17, 15) is 10.2 Å². The van der Waals surface area contributed by atoms with E-state index in [2.05, 4.69) is 52.6 Å². The van der Waals surface area contributed by atoms with E-state index in [0.717, 1.165) is 5.56 Å². The quantitative estimate of drug-likeness (QED) is 0.823. The van der Waals surface area contributed by atoms with Crippen LogP contribution in [0.3, 0.4) is 0 Å². The molecule has 0 aliphatic carbocycles. The second-order valence-electron chi connectivity index (χ2n) is 8.69. The van der Waals surface area contributed by atoms with Gasteiger partial charge in [0.05, 0.1) is 12.1 Å². The van der Waals surface area contributed by atoms with Crippen LogP contribution in [0.1, 0.15) is 72.1 Å². The monoisotopic (exact) mass is 305 g/mol. The molecule has 0 atom stereocenters. The molecule has 0 aliphatic heterocycles. The zero-order valence-corrected chi connectivity index (χ0v) is 15.3. The van der Waals surface area contributed by atoms with E-state index in [1.165, 1.54) is 5.56 Å². The first kappa shape index (κ1) is 18.7. The zero-order valence-electron chi connectivity index (χ0n) is 15.3. The Morgan fingerprint density at radius 3 is 1.91 bits per heavy atom. The summed E-state index contributed by atoms with van der Waals surface area (Å²) in [5.41, 5.74) is 2.08. The topological polar surface area (TPSA) is 52.8 Å². The van der Waals surface area contributed by atoms with Crippen molar-refractivity contribution in [1.82, 2.24) is 0 Å². The van der Waals surface area contributed by atoms with E-state index in [0.29, 0.717) is 5.56 Å². The van der Waals surface area contributed by atoms with Crippen LogP contribution >= 0.6 is 0 Å². The molecule has 1 aromatic rings. The Morgan fingerprint density at radius 1 is 0.955 bits per heavy atom. The molecule has 2 N–H and O–H groups in total. The highest BCUT2D eigenvalue weighted by Crippen LogP contribution is 2.37. The summed E-state index contributed by atoms with van der Waals surface area (Å²) < 4.78 is 0. The van der Waals surface area contributed by atoms with E-state index in [1.54, 1.807) is 6.21 Å². The summed E-state index contributed by atoms with van der Waals surface area (Å²) >= 11 is 0. The largest absolute Gasteiger partial charge is 0.507 e. The molecule has 0 saturated carbocycles. The van der Waals surface area contributed by atoms with Gasteiger partial charge in [0.15, 0.2) is 0 Å². The second kappa shape index (κ2) is 6.04. The van der Waals surface area contributed by atoms with Gasteiger partial charge in [-0.3, -0.25) is 4.99 Å². The third kappa shape index (κ3) is 4.57. The summed E-state index contributed by atoms with van der Waals surface area (Å²) in [7, 11) is 0. The second-order valence-corrected chi connectivity index (χ2v) is 8.69. The van der Waals surface area contributed by atoms with Crippen molar-refractivity contribution >= 4 is 6.21 Å². The Balaban J connectivity index is 3.51. The molecule has 0 aliphatic rings. The number of hydrogen-bond acceptors (Lipinski definition) is 3. The smallest absolute Gasteiger partial charge is 0.128 e. The molecule has 0 fully saturated rings. The lowest BCUT2D eigenvalue weighted by Gasteiger charge is -2.27. The van der Waals surface area contributed by atoms with Crippen molar-refractivity contribution in [3.05, 3.63) is 28.8 Å². The number of aliphatic hydroxyl groups excluding tert-OH is 1. The van der Waals surface area contributed by atoms with Gasteiger partial charge in [-0.2, -0.15) is 0 Å². The minimum atomic E-state index is -0.550. The van der Waals surface area contributed by atoms with Crippen molar-refractivity contribution in [3.8, 4) is 5.75 Å². The van der Waals surface area contributed by atoms with E-state index >= 15 is 0 Å². The van der Waals surface area contributed by atoms with Gasteiger partial charge in [-0.1, -0.05) is 47.6 Å². The van der Waals surface area contributed by atoms with Crippen LogP contribution in [0, 0.1) is 0 Å². The molecule has 1 aromatic carbocycles. The molecule has 0 radical (unpaired) electrons. The first-order valence-electron chi connectivity index (χ1n) is 7.82. The summed E-state index contributed by atoms with van der Waals surface area (Å²) in [6.45, 7) is 16.4. The summed E-state index contributed by atoms with van der Waals surface area (Å²) in [6, 6.07) is 4.07. The average molecular weight is 305 g/mol. The van der Waals surface area contributed by atoms with E-state index in [-0.39, 0.29) is 23.2 Å². The van der Waals surface area contributed by atoms with Gasteiger partial charge in [0.1, 0.15) is 5.75 Å². The standard InChI is InChI=1S/C19H31NO2/c1-17(2,3)14-9-13(11-20-19(7,8)12-21)16(22)15(10-14)18(4,5)6/h9-11,21-22H,12H2,1-8H3. The highest BCUT2D eigenvalue weighted by molar-refractivity contribution is 5.85. The molecule has 0 aromatic heterocycles. The molecule has 0 saturated heterocycles. The van der Waals surface area contributed by atoms with Crippen molar-refractivity contribution in [2.75, 3.05) is 6.61 Å². The molecule has 3 heteroatoms. The first-order chi connectivity index (χ1) is 9.78. The number of benzene rings is 1. The van der Waals surface area contributed by atoms with E-state index in [4.69, 9.17) is 0 Å². The van der Waals surface area contributed by atoms with Gasteiger partial charge in [0, 0.05) is 17.3 Å². The molecule has 3 nitrogen and oxygen atoms in total. The summed E-state index contributed by atoms with van der Waals surface area (Å²) in [5, 5.41) is 20.0. The molecule has 1 rings (SSSR count). The fourth-order valence-corrected chi connectivity index (χ4v) is 2.05. The van der Waals surface area contributed by atoms with Crippen LogP contribution in [-0.2, 0) is 10.8 Å². The van der Waals surface area contributed by atoms with Gasteiger partial charge in [-0.05, 0) is 36.3 Å². The van der Waals surface area contributed by atoms with Gasteiger partial charge in [0.2, 0.25) is 0 Å². The molecule has 0 amide bonds. The molecule has 0 heterocycles. The van der Waals surface area contributed by atoms with Crippen LogP contribution in [0.5, 0.6) is 5.75 Å². The fourth-order valence-electron chi connectivity index (χ4n) is 2.05. The van der Waals surface area contributed by atoms with Crippen LogP contribution in [0.15, 0.2) is 17.1 Å². The number of nitrogens with zero attached hydrogens (tertiary/aromatic N) is 1. The summed E-state index contributed by atoms with van der Waals surface area (Å²) in [4.78, 5) is 4.42. The third-order valence-electron chi connectivity index (χ3n) is 3.75. The van der Waals surface area contributed by atoms with Crippen molar-refractivity contribution in [1.29, 1.82) is 0 Å². The van der Waals surface area contributed by atoms with Crippen molar-refractivity contribution in [2.45, 2.75) is 71.8 Å². The maximum absolute atomic E-state index is 10.6. The van der Waals surface area contributed by atoms with Crippen LogP contribution in [0.25, 0.3) is 0 Å². The van der Waals surface area contributed by atoms with Gasteiger partial charge >= 0.3 is 0 Å². The molecule has 0 spiro atoms. The summed E-state index contributed by atoms with van der Waals surface area (Å²) in [5.74, 6) is 0.276. The third-order valence-corrected chi connectivity index (χ3v) is 3.75. The zero-order chi connectivity index (χ0) is 17.3. The number of phenols is 1. The Labute approximate surface area is 135 Å². The van der Waals surface area contributed by atoms with Gasteiger partial charge in [0.25, 0.3) is 0 Å². The lowest BCUT2D eigenvalue weighted by atomic mass is 9.79. The Hall–Kier alpha value is -1.35. The van der Waals surface area contributed by atoms with Crippen LogP contribution in [0.4, 0.5) is 0 Å². The number of aliphatic hydroxyl groups is 1. The Bertz CT molecular complexity index is 558. The highest BCUT2D eigenvalue weighted by Gasteiger charge is 2.24. The lowest BCUT2D eigenvalue weighted by molar-refractivity contribution is 0.223. The SMILES string of the molecule is CC(C)(CO)N=Cc1cc(C(C)(C)C)cc(C(C)(C)C)c1O. The van der Waals surface area contributed by atoms with E-state index < -0.39 is 5.54 Å². The maximum atomic E-state index is 10.6.